The molecule has 0 aliphatic carbocycles. The van der Waals surface area contributed by atoms with Gasteiger partial charge in [-0.05, 0) is 47.6 Å². The van der Waals surface area contributed by atoms with E-state index in [9.17, 15) is 0 Å². The Morgan fingerprint density at radius 3 is 2.27 bits per heavy atom. The van der Waals surface area contributed by atoms with Crippen molar-refractivity contribution in [3.8, 4) is 11.1 Å². The average Bonchev–Trinajstić information content (AvgIpc) is 3.05. The van der Waals surface area contributed by atoms with Gasteiger partial charge in [-0.25, -0.2) is 0 Å². The molecule has 1 aliphatic rings. The van der Waals surface area contributed by atoms with Crippen molar-refractivity contribution < 1.29 is 0 Å². The third-order valence-electron chi connectivity index (χ3n) is 6.09. The number of aromatic nitrogens is 1. The summed E-state index contributed by atoms with van der Waals surface area (Å²) in [6.45, 7) is 12.1. The largest absolute Gasteiger partial charge is 0.349 e. The molecule has 2 heterocycles. The molecule has 0 bridgehead atoms. The maximum absolute atomic E-state index is 2.57. The Balaban J connectivity index is 2.08. The van der Waals surface area contributed by atoms with Crippen LogP contribution >= 0.6 is 0 Å². The zero-order chi connectivity index (χ0) is 18.5. The molecular formula is C24H28BN. The minimum absolute atomic E-state index is 0.0335. The van der Waals surface area contributed by atoms with Crippen LogP contribution in [0.4, 0.5) is 0 Å². The lowest BCUT2D eigenvalue weighted by atomic mass is 9.37. The molecule has 3 aromatic rings. The predicted octanol–water partition coefficient (Wildman–Crippen LogP) is 5.00. The van der Waals surface area contributed by atoms with Crippen LogP contribution in [0.5, 0.6) is 0 Å². The number of rotatable bonds is 3. The molecule has 0 saturated carbocycles. The SMILES string of the molecule is CCB1c2ccccc2C(C)(C)n2cc(C(C)C)c(-c3ccccc3)c21. The minimum Gasteiger partial charge on any atom is -0.349 e. The smallest absolute Gasteiger partial charge is 0.231 e. The van der Waals surface area contributed by atoms with Crippen LogP contribution in [0.2, 0.25) is 6.32 Å². The van der Waals surface area contributed by atoms with E-state index >= 15 is 0 Å². The molecule has 0 fully saturated rings. The van der Waals surface area contributed by atoms with Crippen molar-refractivity contribution in [2.24, 2.45) is 0 Å². The van der Waals surface area contributed by atoms with Crippen molar-refractivity contribution in [3.63, 3.8) is 0 Å². The van der Waals surface area contributed by atoms with Crippen molar-refractivity contribution in [2.45, 2.75) is 52.4 Å². The molecule has 0 radical (unpaired) electrons. The molecule has 1 nitrogen and oxygen atoms in total. The fraction of sp³-hybridized carbons (Fsp3) is 0.333. The summed E-state index contributed by atoms with van der Waals surface area (Å²) in [6.07, 6.45) is 3.55. The summed E-state index contributed by atoms with van der Waals surface area (Å²) in [5, 5.41) is 0. The Kier molecular flexibility index (Phi) is 4.10. The fourth-order valence-electron chi connectivity index (χ4n) is 4.75. The second-order valence-electron chi connectivity index (χ2n) is 8.34. The van der Waals surface area contributed by atoms with Crippen LogP contribution in [0.15, 0.2) is 60.8 Å². The van der Waals surface area contributed by atoms with E-state index in [1.165, 1.54) is 33.3 Å². The molecule has 1 aliphatic heterocycles. The molecule has 0 spiro atoms. The molecule has 1 aromatic heterocycles. The Morgan fingerprint density at radius 1 is 0.962 bits per heavy atom. The van der Waals surface area contributed by atoms with Gasteiger partial charge in [0.05, 0.1) is 5.54 Å². The summed E-state index contributed by atoms with van der Waals surface area (Å²) in [5.41, 5.74) is 8.68. The van der Waals surface area contributed by atoms with Crippen LogP contribution in [0, 0.1) is 0 Å². The highest BCUT2D eigenvalue weighted by atomic mass is 15.1. The summed E-state index contributed by atoms with van der Waals surface area (Å²) < 4.78 is 2.57. The first kappa shape index (κ1) is 17.2. The van der Waals surface area contributed by atoms with E-state index in [-0.39, 0.29) is 5.54 Å². The van der Waals surface area contributed by atoms with Gasteiger partial charge in [-0.1, -0.05) is 87.2 Å². The van der Waals surface area contributed by atoms with E-state index < -0.39 is 0 Å². The van der Waals surface area contributed by atoms with E-state index in [0.717, 1.165) is 6.32 Å². The van der Waals surface area contributed by atoms with Gasteiger partial charge in [0, 0.05) is 6.20 Å². The van der Waals surface area contributed by atoms with Crippen molar-refractivity contribution in [2.75, 3.05) is 0 Å². The Hall–Kier alpha value is -2.22. The fourth-order valence-corrected chi connectivity index (χ4v) is 4.75. The molecule has 4 rings (SSSR count). The Morgan fingerprint density at radius 2 is 1.62 bits per heavy atom. The predicted molar refractivity (Wildman–Crippen MR) is 114 cm³/mol. The lowest BCUT2D eigenvalue weighted by Crippen LogP contribution is -2.58. The summed E-state index contributed by atoms with van der Waals surface area (Å²) in [5.74, 6) is 0.500. The van der Waals surface area contributed by atoms with Crippen LogP contribution in [-0.2, 0) is 5.54 Å². The van der Waals surface area contributed by atoms with Gasteiger partial charge in [-0.15, -0.1) is 0 Å². The summed E-state index contributed by atoms with van der Waals surface area (Å²) in [4.78, 5) is 0. The maximum atomic E-state index is 2.57. The monoisotopic (exact) mass is 341 g/mol. The van der Waals surface area contributed by atoms with E-state index in [0.29, 0.717) is 12.6 Å². The molecule has 0 saturated heterocycles. The molecule has 0 atom stereocenters. The number of fused-ring (bicyclic) bond motifs is 2. The van der Waals surface area contributed by atoms with Crippen LogP contribution in [0.3, 0.4) is 0 Å². The van der Waals surface area contributed by atoms with Crippen LogP contribution < -0.4 is 11.1 Å². The number of hydrogen-bond acceptors (Lipinski definition) is 0. The second kappa shape index (κ2) is 6.19. The molecule has 2 aromatic carbocycles. The van der Waals surface area contributed by atoms with Crippen molar-refractivity contribution >= 4 is 17.8 Å². The van der Waals surface area contributed by atoms with Crippen LogP contribution in [-0.4, -0.2) is 11.3 Å². The Bertz CT molecular complexity index is 934. The highest BCUT2D eigenvalue weighted by Gasteiger charge is 2.40. The first-order chi connectivity index (χ1) is 12.5. The number of nitrogens with zero attached hydrogens (tertiary/aromatic N) is 1. The van der Waals surface area contributed by atoms with E-state index in [1.54, 1.807) is 0 Å². The van der Waals surface area contributed by atoms with Crippen LogP contribution in [0.25, 0.3) is 11.1 Å². The zero-order valence-electron chi connectivity index (χ0n) is 16.6. The first-order valence-corrected chi connectivity index (χ1v) is 9.87. The van der Waals surface area contributed by atoms with Crippen molar-refractivity contribution in [1.29, 1.82) is 0 Å². The van der Waals surface area contributed by atoms with Gasteiger partial charge in [0.2, 0.25) is 6.71 Å². The third-order valence-corrected chi connectivity index (χ3v) is 6.09. The van der Waals surface area contributed by atoms with Gasteiger partial charge in [0.1, 0.15) is 0 Å². The second-order valence-corrected chi connectivity index (χ2v) is 8.34. The van der Waals surface area contributed by atoms with Crippen LogP contribution in [0.1, 0.15) is 51.7 Å². The first-order valence-electron chi connectivity index (χ1n) is 9.87. The molecule has 2 heteroatoms. The zero-order valence-corrected chi connectivity index (χ0v) is 16.6. The normalized spacial score (nSPS) is 15.1. The lowest BCUT2D eigenvalue weighted by Gasteiger charge is -2.39. The maximum Gasteiger partial charge on any atom is 0.231 e. The van der Waals surface area contributed by atoms with Gasteiger partial charge in [0.25, 0.3) is 0 Å². The summed E-state index contributed by atoms with van der Waals surface area (Å²) >= 11 is 0. The van der Waals surface area contributed by atoms with Crippen molar-refractivity contribution in [1.82, 2.24) is 4.57 Å². The van der Waals surface area contributed by atoms with Gasteiger partial charge >= 0.3 is 0 Å². The standard InChI is InChI=1S/C24H28BN/c1-6-25-21-15-11-10-14-20(21)24(4,5)26-16-19(17(2)3)22(23(25)26)18-12-8-7-9-13-18/h7-17H,6H2,1-5H3. The molecule has 0 amide bonds. The topological polar surface area (TPSA) is 4.93 Å². The molecule has 26 heavy (non-hydrogen) atoms. The van der Waals surface area contributed by atoms with E-state index in [4.69, 9.17) is 0 Å². The molecule has 0 N–H and O–H groups in total. The third kappa shape index (κ3) is 2.39. The number of hydrogen-bond donors (Lipinski definition) is 0. The molecule has 0 unspecified atom stereocenters. The molecular weight excluding hydrogens is 313 g/mol. The molecule has 132 valence electrons. The summed E-state index contributed by atoms with van der Waals surface area (Å²) in [7, 11) is 0. The highest BCUT2D eigenvalue weighted by molar-refractivity contribution is 6.86. The Labute approximate surface area is 158 Å². The van der Waals surface area contributed by atoms with Gasteiger partial charge < -0.3 is 4.57 Å². The van der Waals surface area contributed by atoms with E-state index in [2.05, 4.69) is 100.0 Å². The lowest BCUT2D eigenvalue weighted by molar-refractivity contribution is 0.445. The van der Waals surface area contributed by atoms with Gasteiger partial charge in [0.15, 0.2) is 0 Å². The summed E-state index contributed by atoms with van der Waals surface area (Å²) in [6, 6.07) is 20.0. The highest BCUT2D eigenvalue weighted by Crippen LogP contribution is 2.36. The number of benzene rings is 2. The van der Waals surface area contributed by atoms with Gasteiger partial charge in [-0.3, -0.25) is 0 Å². The van der Waals surface area contributed by atoms with Crippen molar-refractivity contribution in [3.05, 3.63) is 71.9 Å². The van der Waals surface area contributed by atoms with E-state index in [1.807, 2.05) is 0 Å². The minimum atomic E-state index is -0.0335. The average molecular weight is 341 g/mol. The quantitative estimate of drug-likeness (QED) is 0.591. The van der Waals surface area contributed by atoms with Gasteiger partial charge in [-0.2, -0.15) is 0 Å².